The monoisotopic (exact) mass is 174 g/mol. The molecule has 3 fully saturated rings. The van der Waals surface area contributed by atoms with Crippen LogP contribution in [0.1, 0.15) is 13.8 Å². The molecule has 0 atom stereocenters. The predicted octanol–water partition coefficient (Wildman–Crippen LogP) is 1.03. The average molecular weight is 174 g/mol. The molecule has 0 amide bonds. The van der Waals surface area contributed by atoms with Crippen LogP contribution in [0, 0.1) is 5.41 Å². The van der Waals surface area contributed by atoms with Gasteiger partial charge in [-0.3, -0.25) is 0 Å². The Hall–Kier alpha value is 0.0969. The van der Waals surface area contributed by atoms with Gasteiger partial charge in [0, 0.05) is 31.3 Å². The maximum Gasteiger partial charge on any atom is 0.500 e. The molecule has 0 aromatic rings. The molecule has 64 valence electrons. The zero-order valence-electron chi connectivity index (χ0n) is 7.05. The van der Waals surface area contributed by atoms with Crippen LogP contribution in [-0.2, 0) is 13.3 Å². The predicted molar refractivity (Wildman–Crippen MR) is 42.2 cm³/mol. The minimum absolute atomic E-state index is 0.129. The second-order valence-corrected chi connectivity index (χ2v) is 6.65. The Labute approximate surface area is 68.0 Å². The fourth-order valence-electron chi connectivity index (χ4n) is 1.41. The fourth-order valence-corrected chi connectivity index (χ4v) is 3.98. The first-order valence-electron chi connectivity index (χ1n) is 4.10. The summed E-state index contributed by atoms with van der Waals surface area (Å²) in [6, 6.07) is 0.906. The third kappa shape index (κ3) is 1.14. The van der Waals surface area contributed by atoms with Crippen molar-refractivity contribution < 1.29 is 13.3 Å². The topological polar surface area (TPSA) is 27.7 Å². The van der Waals surface area contributed by atoms with Crippen LogP contribution in [0.25, 0.3) is 0 Å². The van der Waals surface area contributed by atoms with Crippen molar-refractivity contribution in [3.63, 3.8) is 0 Å². The summed E-state index contributed by atoms with van der Waals surface area (Å²) in [5, 5.41) is 0. The van der Waals surface area contributed by atoms with Crippen molar-refractivity contribution in [2.75, 3.05) is 19.8 Å². The van der Waals surface area contributed by atoms with E-state index in [2.05, 4.69) is 13.8 Å². The van der Waals surface area contributed by atoms with Gasteiger partial charge in [-0.05, 0) is 0 Å². The van der Waals surface area contributed by atoms with Crippen molar-refractivity contribution in [3.05, 3.63) is 0 Å². The molecule has 0 radical (unpaired) electrons. The first-order valence-corrected chi connectivity index (χ1v) is 6.03. The lowest BCUT2D eigenvalue weighted by Gasteiger charge is -2.48. The van der Waals surface area contributed by atoms with E-state index in [1.807, 2.05) is 0 Å². The molecule has 0 saturated carbocycles. The van der Waals surface area contributed by atoms with Gasteiger partial charge in [0.2, 0.25) is 0 Å². The van der Waals surface area contributed by atoms with Gasteiger partial charge in [-0.25, -0.2) is 0 Å². The number of hydrogen-bond donors (Lipinski definition) is 0. The quantitative estimate of drug-likeness (QED) is 0.556. The zero-order valence-corrected chi connectivity index (χ0v) is 8.05. The van der Waals surface area contributed by atoms with Gasteiger partial charge >= 0.3 is 8.80 Å². The van der Waals surface area contributed by atoms with Crippen LogP contribution >= 0.6 is 0 Å². The van der Waals surface area contributed by atoms with Crippen molar-refractivity contribution in [3.8, 4) is 0 Å². The summed E-state index contributed by atoms with van der Waals surface area (Å²) >= 11 is 0. The van der Waals surface area contributed by atoms with Crippen molar-refractivity contribution in [1.82, 2.24) is 0 Å². The van der Waals surface area contributed by atoms with Gasteiger partial charge in [0.15, 0.2) is 0 Å². The minimum atomic E-state index is -2.11. The molecular formula is C7H14O3Si. The lowest BCUT2D eigenvalue weighted by Crippen LogP contribution is -2.62. The third-order valence-corrected chi connectivity index (χ3v) is 4.97. The van der Waals surface area contributed by atoms with Crippen molar-refractivity contribution in [2.45, 2.75) is 19.9 Å². The SMILES string of the molecule is CC[Si]12OCC(C)(CO1)CO2. The van der Waals surface area contributed by atoms with Crippen LogP contribution in [0.5, 0.6) is 0 Å². The average Bonchev–Trinajstić information content (AvgIpc) is 2.07. The van der Waals surface area contributed by atoms with E-state index in [1.165, 1.54) is 0 Å². The maximum absolute atomic E-state index is 5.61. The Kier molecular flexibility index (Phi) is 1.61. The highest BCUT2D eigenvalue weighted by Crippen LogP contribution is 2.36. The molecule has 2 bridgehead atoms. The Bertz CT molecular complexity index is 147. The van der Waals surface area contributed by atoms with Gasteiger partial charge in [-0.15, -0.1) is 0 Å². The summed E-state index contributed by atoms with van der Waals surface area (Å²) in [4.78, 5) is 0. The summed E-state index contributed by atoms with van der Waals surface area (Å²) in [5.74, 6) is 0. The third-order valence-electron chi connectivity index (χ3n) is 2.35. The Morgan fingerprint density at radius 1 is 1.18 bits per heavy atom. The van der Waals surface area contributed by atoms with E-state index in [4.69, 9.17) is 13.3 Å². The number of hydrogen-bond acceptors (Lipinski definition) is 3. The first-order chi connectivity index (χ1) is 5.18. The van der Waals surface area contributed by atoms with E-state index in [0.29, 0.717) is 0 Å². The molecule has 11 heavy (non-hydrogen) atoms. The van der Waals surface area contributed by atoms with Crippen LogP contribution in [-0.4, -0.2) is 28.6 Å². The lowest BCUT2D eigenvalue weighted by atomic mass is 9.95. The van der Waals surface area contributed by atoms with Gasteiger partial charge in [0.05, 0.1) is 0 Å². The normalized spacial score (nSPS) is 49.6. The van der Waals surface area contributed by atoms with Gasteiger partial charge in [0.1, 0.15) is 0 Å². The second kappa shape index (κ2) is 2.29. The van der Waals surface area contributed by atoms with Crippen molar-refractivity contribution in [1.29, 1.82) is 0 Å². The molecule has 0 N–H and O–H groups in total. The number of rotatable bonds is 1. The molecule has 0 aromatic carbocycles. The summed E-state index contributed by atoms with van der Waals surface area (Å²) < 4.78 is 16.8. The van der Waals surface area contributed by atoms with Gasteiger partial charge in [-0.2, -0.15) is 0 Å². The molecule has 4 heteroatoms. The molecule has 3 saturated heterocycles. The molecule has 3 aliphatic rings. The molecule has 3 rings (SSSR count). The molecule has 0 unspecified atom stereocenters. The zero-order chi connectivity index (χ0) is 7.95. The Morgan fingerprint density at radius 2 is 1.64 bits per heavy atom. The van der Waals surface area contributed by atoms with Gasteiger partial charge in [-0.1, -0.05) is 13.8 Å². The van der Waals surface area contributed by atoms with E-state index in [1.54, 1.807) is 0 Å². The Balaban J connectivity index is 2.12. The van der Waals surface area contributed by atoms with E-state index in [-0.39, 0.29) is 5.41 Å². The van der Waals surface area contributed by atoms with E-state index >= 15 is 0 Å². The fraction of sp³-hybridized carbons (Fsp3) is 1.00. The largest absolute Gasteiger partial charge is 0.500 e. The van der Waals surface area contributed by atoms with Crippen LogP contribution in [0.3, 0.4) is 0 Å². The molecule has 0 aliphatic carbocycles. The minimum Gasteiger partial charge on any atom is -0.373 e. The van der Waals surface area contributed by atoms with Gasteiger partial charge in [0.25, 0.3) is 0 Å². The van der Waals surface area contributed by atoms with Gasteiger partial charge < -0.3 is 13.3 Å². The maximum atomic E-state index is 5.61. The molecule has 3 heterocycles. The summed E-state index contributed by atoms with van der Waals surface area (Å²) in [6.07, 6.45) is 0. The highest BCUT2D eigenvalue weighted by Gasteiger charge is 2.53. The van der Waals surface area contributed by atoms with E-state index in [9.17, 15) is 0 Å². The van der Waals surface area contributed by atoms with Crippen LogP contribution in [0.4, 0.5) is 0 Å². The van der Waals surface area contributed by atoms with E-state index in [0.717, 1.165) is 25.9 Å². The summed E-state index contributed by atoms with van der Waals surface area (Å²) in [7, 11) is -2.11. The molecule has 3 nitrogen and oxygen atoms in total. The van der Waals surface area contributed by atoms with Crippen molar-refractivity contribution >= 4 is 8.80 Å². The smallest absolute Gasteiger partial charge is 0.373 e. The first kappa shape index (κ1) is 7.73. The summed E-state index contributed by atoms with van der Waals surface area (Å²) in [5.41, 5.74) is 0.129. The standard InChI is InChI=1S/C7H14O3Si/c1-3-11-8-4-7(2,5-9-11)6-10-11/h3-6H2,1-2H3. The Morgan fingerprint density at radius 3 is 2.00 bits per heavy atom. The molecule has 0 aromatic heterocycles. The van der Waals surface area contributed by atoms with Crippen molar-refractivity contribution in [2.24, 2.45) is 5.41 Å². The van der Waals surface area contributed by atoms with Crippen LogP contribution in [0.2, 0.25) is 6.04 Å². The van der Waals surface area contributed by atoms with Crippen LogP contribution in [0.15, 0.2) is 0 Å². The molecular weight excluding hydrogens is 160 g/mol. The van der Waals surface area contributed by atoms with Crippen LogP contribution < -0.4 is 0 Å². The number of fused-ring (bicyclic) bond motifs is 3. The molecule has 3 aliphatic heterocycles. The molecule has 0 spiro atoms. The lowest BCUT2D eigenvalue weighted by molar-refractivity contribution is -0.126. The second-order valence-electron chi connectivity index (χ2n) is 3.71. The highest BCUT2D eigenvalue weighted by molar-refractivity contribution is 6.61. The van der Waals surface area contributed by atoms with E-state index < -0.39 is 8.80 Å². The highest BCUT2D eigenvalue weighted by atomic mass is 28.4. The summed E-state index contributed by atoms with van der Waals surface area (Å²) in [6.45, 7) is 6.69.